The van der Waals surface area contributed by atoms with Crippen LogP contribution in [0, 0.1) is 11.3 Å². The third-order valence-corrected chi connectivity index (χ3v) is 4.24. The van der Waals surface area contributed by atoms with Crippen molar-refractivity contribution in [3.05, 3.63) is 0 Å². The molecular weight excluding hydrogens is 276 g/mol. The molecule has 0 aromatic carbocycles. The zero-order valence-electron chi connectivity index (χ0n) is 12.8. The van der Waals surface area contributed by atoms with Crippen LogP contribution < -0.4 is 0 Å². The summed E-state index contributed by atoms with van der Waals surface area (Å²) < 4.78 is 23.3. The van der Waals surface area contributed by atoms with Gasteiger partial charge in [-0.15, -0.1) is 0 Å². The summed E-state index contributed by atoms with van der Waals surface area (Å²) in [6.07, 6.45) is -0.837. The van der Waals surface area contributed by atoms with Crippen molar-refractivity contribution < 1.29 is 24.2 Å². The second-order valence-corrected chi connectivity index (χ2v) is 6.73. The topological polar surface area (TPSA) is 84.2 Å². The second kappa shape index (κ2) is 4.88. The van der Waals surface area contributed by atoms with Crippen LogP contribution in [-0.4, -0.2) is 58.8 Å². The van der Waals surface area contributed by atoms with Crippen molar-refractivity contribution in [2.75, 3.05) is 6.61 Å². The van der Waals surface area contributed by atoms with E-state index >= 15 is 0 Å². The minimum absolute atomic E-state index is 0.171. The van der Waals surface area contributed by atoms with Crippen molar-refractivity contribution in [1.29, 1.82) is 5.26 Å². The Morgan fingerprint density at radius 3 is 2.38 bits per heavy atom. The number of rotatable bonds is 2. The van der Waals surface area contributed by atoms with Crippen molar-refractivity contribution in [2.24, 2.45) is 0 Å². The summed E-state index contributed by atoms with van der Waals surface area (Å²) in [5.41, 5.74) is 0. The van der Waals surface area contributed by atoms with E-state index < -0.39 is 23.7 Å². The number of nitrogens with zero attached hydrogens (tertiary/aromatic N) is 2. The van der Waals surface area contributed by atoms with E-state index in [0.717, 1.165) is 0 Å². The van der Waals surface area contributed by atoms with Crippen molar-refractivity contribution in [3.8, 4) is 6.07 Å². The first-order chi connectivity index (χ1) is 9.74. The highest BCUT2D eigenvalue weighted by Gasteiger charge is 2.61. The fourth-order valence-corrected chi connectivity index (χ4v) is 3.47. The molecule has 0 aromatic heterocycles. The van der Waals surface area contributed by atoms with Crippen LogP contribution in [0.2, 0.25) is 0 Å². The van der Waals surface area contributed by atoms with Gasteiger partial charge in [0, 0.05) is 0 Å². The average Bonchev–Trinajstić information content (AvgIpc) is 2.93. The molecule has 21 heavy (non-hydrogen) atoms. The molecular formula is C14H22N2O5. The van der Waals surface area contributed by atoms with Crippen LogP contribution in [0.25, 0.3) is 0 Å². The molecule has 3 saturated heterocycles. The molecule has 3 unspecified atom stereocenters. The number of hydroxylamine groups is 2. The van der Waals surface area contributed by atoms with Gasteiger partial charge < -0.3 is 24.2 Å². The van der Waals surface area contributed by atoms with E-state index in [-0.39, 0.29) is 24.7 Å². The predicted molar refractivity (Wildman–Crippen MR) is 70.2 cm³/mol. The number of hydrogen-bond acceptors (Lipinski definition) is 7. The van der Waals surface area contributed by atoms with Gasteiger partial charge in [0.05, 0.1) is 31.2 Å². The highest BCUT2D eigenvalue weighted by atomic mass is 16.8. The molecule has 118 valence electrons. The van der Waals surface area contributed by atoms with Gasteiger partial charge in [-0.1, -0.05) is 0 Å². The van der Waals surface area contributed by atoms with E-state index in [0.29, 0.717) is 6.61 Å². The van der Waals surface area contributed by atoms with Crippen LogP contribution in [0.1, 0.15) is 34.1 Å². The van der Waals surface area contributed by atoms with E-state index in [2.05, 4.69) is 6.07 Å². The number of ether oxygens (including phenoxy) is 4. The number of hydrogen-bond donors (Lipinski definition) is 1. The minimum atomic E-state index is -0.725. The van der Waals surface area contributed by atoms with E-state index in [9.17, 15) is 5.21 Å². The first-order valence-corrected chi connectivity index (χ1v) is 7.26. The summed E-state index contributed by atoms with van der Waals surface area (Å²) in [5, 5.41) is 20.6. The van der Waals surface area contributed by atoms with E-state index in [4.69, 9.17) is 24.2 Å². The maximum Gasteiger partial charge on any atom is 0.163 e. The maximum absolute atomic E-state index is 10.5. The maximum atomic E-state index is 10.5. The first kappa shape index (κ1) is 15.2. The van der Waals surface area contributed by atoms with E-state index in [1.807, 2.05) is 27.7 Å². The number of fused-ring (bicyclic) bond motifs is 1. The Morgan fingerprint density at radius 1 is 1.14 bits per heavy atom. The lowest BCUT2D eigenvalue weighted by Gasteiger charge is -2.31. The molecule has 3 fully saturated rings. The predicted octanol–water partition coefficient (Wildman–Crippen LogP) is 1.01. The summed E-state index contributed by atoms with van der Waals surface area (Å²) in [7, 11) is 0. The number of nitriles is 1. The largest absolute Gasteiger partial charge is 0.348 e. The molecule has 0 aliphatic carbocycles. The van der Waals surface area contributed by atoms with Gasteiger partial charge >= 0.3 is 0 Å². The zero-order valence-corrected chi connectivity index (χ0v) is 12.8. The Morgan fingerprint density at radius 2 is 1.81 bits per heavy atom. The highest BCUT2D eigenvalue weighted by Crippen LogP contribution is 2.43. The summed E-state index contributed by atoms with van der Waals surface area (Å²) >= 11 is 0. The average molecular weight is 298 g/mol. The zero-order chi connectivity index (χ0) is 15.4. The standard InChI is InChI=1S/C14H22N2O5/c1-13(2)18-7-9(19-13)10-12-11(20-14(3,4)21-12)8(5-6-15)16(10)17/h8-12,17H,5,7H2,1-4H3/t8?,9?,10?,11-,12+/m1/s1. The van der Waals surface area contributed by atoms with E-state index in [1.54, 1.807) is 0 Å². The molecule has 0 radical (unpaired) electrons. The lowest BCUT2D eigenvalue weighted by Crippen LogP contribution is -2.48. The van der Waals surface area contributed by atoms with E-state index in [1.165, 1.54) is 5.06 Å². The summed E-state index contributed by atoms with van der Waals surface area (Å²) in [5.74, 6) is -1.40. The van der Waals surface area contributed by atoms with Crippen LogP contribution in [0.4, 0.5) is 0 Å². The Kier molecular flexibility index (Phi) is 3.52. The molecule has 0 saturated carbocycles. The molecule has 1 N–H and O–H groups in total. The molecule has 0 spiro atoms. The second-order valence-electron chi connectivity index (χ2n) is 6.73. The van der Waals surface area contributed by atoms with Crippen LogP contribution in [0.5, 0.6) is 0 Å². The molecule has 0 bridgehead atoms. The van der Waals surface area contributed by atoms with Gasteiger partial charge in [0.15, 0.2) is 11.6 Å². The molecule has 3 aliphatic heterocycles. The SMILES string of the molecule is CC1(C)OCC(C2[C@@H]3OC(C)(C)O[C@@H]3C(CC#N)N2O)O1. The van der Waals surface area contributed by atoms with Crippen LogP contribution in [0.15, 0.2) is 0 Å². The fraction of sp³-hybridized carbons (Fsp3) is 0.929. The molecule has 7 nitrogen and oxygen atoms in total. The van der Waals surface area contributed by atoms with Gasteiger partial charge in [0.25, 0.3) is 0 Å². The fourth-order valence-electron chi connectivity index (χ4n) is 3.47. The van der Waals surface area contributed by atoms with Crippen molar-refractivity contribution in [1.82, 2.24) is 5.06 Å². The highest BCUT2D eigenvalue weighted by molar-refractivity contribution is 5.08. The van der Waals surface area contributed by atoms with Gasteiger partial charge in [0.2, 0.25) is 0 Å². The quantitative estimate of drug-likeness (QED) is 0.814. The van der Waals surface area contributed by atoms with Crippen molar-refractivity contribution in [3.63, 3.8) is 0 Å². The molecule has 3 aliphatic rings. The third kappa shape index (κ3) is 2.57. The summed E-state index contributed by atoms with van der Waals surface area (Å²) in [6, 6.07) is 1.27. The monoisotopic (exact) mass is 298 g/mol. The van der Waals surface area contributed by atoms with Gasteiger partial charge in [-0.25, -0.2) is 0 Å². The Bertz CT molecular complexity index is 461. The van der Waals surface area contributed by atoms with Crippen LogP contribution in [0.3, 0.4) is 0 Å². The Hall–Kier alpha value is -0.750. The molecule has 5 atom stereocenters. The van der Waals surface area contributed by atoms with Crippen LogP contribution >= 0.6 is 0 Å². The molecule has 3 rings (SSSR count). The normalized spacial score (nSPS) is 44.7. The van der Waals surface area contributed by atoms with Crippen molar-refractivity contribution >= 4 is 0 Å². The lowest BCUT2D eigenvalue weighted by molar-refractivity contribution is -0.234. The Labute approximate surface area is 124 Å². The molecule has 3 heterocycles. The van der Waals surface area contributed by atoms with Gasteiger partial charge in [-0.2, -0.15) is 10.3 Å². The summed E-state index contributed by atoms with van der Waals surface area (Å²) in [6.45, 7) is 7.72. The third-order valence-electron chi connectivity index (χ3n) is 4.24. The molecule has 0 amide bonds. The van der Waals surface area contributed by atoms with Gasteiger partial charge in [-0.05, 0) is 27.7 Å². The smallest absolute Gasteiger partial charge is 0.163 e. The van der Waals surface area contributed by atoms with Crippen LogP contribution in [-0.2, 0) is 18.9 Å². The Balaban J connectivity index is 1.84. The van der Waals surface area contributed by atoms with Gasteiger partial charge in [-0.3, -0.25) is 0 Å². The molecule has 7 heteroatoms. The van der Waals surface area contributed by atoms with Crippen molar-refractivity contribution in [2.45, 2.75) is 76.1 Å². The first-order valence-electron chi connectivity index (χ1n) is 7.26. The molecule has 0 aromatic rings. The minimum Gasteiger partial charge on any atom is -0.348 e. The lowest BCUT2D eigenvalue weighted by atomic mass is 10.0. The van der Waals surface area contributed by atoms with Gasteiger partial charge in [0.1, 0.15) is 18.3 Å². The summed E-state index contributed by atoms with van der Waals surface area (Å²) in [4.78, 5) is 0.